The van der Waals surface area contributed by atoms with Gasteiger partial charge in [0.1, 0.15) is 10.7 Å². The summed E-state index contributed by atoms with van der Waals surface area (Å²) in [4.78, 5) is 11.2. The fourth-order valence-electron chi connectivity index (χ4n) is 1.04. The molecule has 0 aliphatic heterocycles. The molecule has 0 aromatic carbocycles. The number of nitrogens with one attached hydrogen (secondary N) is 2. The van der Waals surface area contributed by atoms with Crippen molar-refractivity contribution < 1.29 is 8.42 Å². The topological polar surface area (TPSA) is 136 Å². The quantitative estimate of drug-likeness (QED) is 0.516. The van der Waals surface area contributed by atoms with Crippen LogP contribution in [0.25, 0.3) is 0 Å². The number of rotatable bonds is 4. The Balaban J connectivity index is 2.24. The standard InChI is InChI=1S/C7H9N7O2S2/c1-4-11-7(17-13-4)14-18(15,16)5-2-9-6(12-8)10-3-5/h2-3H,8H2,1H3,(H,9,10,12)(H,11,13,14). The van der Waals surface area contributed by atoms with Crippen LogP contribution in [0.4, 0.5) is 11.1 Å². The van der Waals surface area contributed by atoms with Crippen LogP contribution in [0, 0.1) is 6.92 Å². The molecule has 0 radical (unpaired) electrons. The van der Waals surface area contributed by atoms with Crippen LogP contribution in [0.2, 0.25) is 0 Å². The molecule has 0 bridgehead atoms. The predicted octanol–water partition coefficient (Wildman–Crippen LogP) is -0.277. The summed E-state index contributed by atoms with van der Waals surface area (Å²) < 4.78 is 30.0. The third-order valence-corrected chi connectivity index (χ3v) is 3.96. The van der Waals surface area contributed by atoms with Gasteiger partial charge in [-0.1, -0.05) is 0 Å². The van der Waals surface area contributed by atoms with Crippen LogP contribution >= 0.6 is 11.5 Å². The van der Waals surface area contributed by atoms with Gasteiger partial charge in [0.05, 0.1) is 12.4 Å². The minimum Gasteiger partial charge on any atom is -0.292 e. The third kappa shape index (κ3) is 2.69. The number of hydrogen-bond donors (Lipinski definition) is 3. The summed E-state index contributed by atoms with van der Waals surface area (Å²) in [5.74, 6) is 5.70. The van der Waals surface area contributed by atoms with Crippen molar-refractivity contribution >= 4 is 32.6 Å². The van der Waals surface area contributed by atoms with Gasteiger partial charge in [-0.25, -0.2) is 29.2 Å². The van der Waals surface area contributed by atoms with Crippen molar-refractivity contribution in [3.05, 3.63) is 18.2 Å². The van der Waals surface area contributed by atoms with Crippen LogP contribution in [0.5, 0.6) is 0 Å². The van der Waals surface area contributed by atoms with Gasteiger partial charge >= 0.3 is 0 Å². The van der Waals surface area contributed by atoms with Crippen LogP contribution in [-0.2, 0) is 10.0 Å². The molecule has 2 heterocycles. The Bertz CT molecular complexity index is 636. The van der Waals surface area contributed by atoms with E-state index < -0.39 is 10.0 Å². The lowest BCUT2D eigenvalue weighted by Gasteiger charge is -2.04. The maximum absolute atomic E-state index is 11.9. The van der Waals surface area contributed by atoms with Crippen LogP contribution in [0.1, 0.15) is 5.82 Å². The Kier molecular flexibility index (Phi) is 3.36. The highest BCUT2D eigenvalue weighted by molar-refractivity contribution is 7.92. The van der Waals surface area contributed by atoms with E-state index in [0.29, 0.717) is 5.82 Å². The Morgan fingerprint density at radius 3 is 2.50 bits per heavy atom. The third-order valence-electron chi connectivity index (χ3n) is 1.82. The normalized spacial score (nSPS) is 11.2. The summed E-state index contributed by atoms with van der Waals surface area (Å²) in [7, 11) is -3.76. The van der Waals surface area contributed by atoms with Gasteiger partial charge in [0.2, 0.25) is 11.1 Å². The number of hydrogen-bond acceptors (Lipinski definition) is 9. The molecule has 0 unspecified atom stereocenters. The van der Waals surface area contributed by atoms with Crippen LogP contribution in [0.3, 0.4) is 0 Å². The van der Waals surface area contributed by atoms with Crippen LogP contribution in [-0.4, -0.2) is 27.7 Å². The summed E-state index contributed by atoms with van der Waals surface area (Å²) in [6, 6.07) is 0. The molecule has 0 saturated heterocycles. The number of aromatic nitrogens is 4. The van der Waals surface area contributed by atoms with E-state index in [1.165, 1.54) is 0 Å². The Hall–Kier alpha value is -1.85. The number of anilines is 2. The van der Waals surface area contributed by atoms with Gasteiger partial charge < -0.3 is 0 Å². The first-order valence-corrected chi connectivity index (χ1v) is 6.89. The number of hydrazine groups is 1. The van der Waals surface area contributed by atoms with Gasteiger partial charge in [0, 0.05) is 11.5 Å². The Labute approximate surface area is 107 Å². The molecule has 0 aliphatic rings. The molecule has 4 N–H and O–H groups in total. The molecule has 0 amide bonds. The summed E-state index contributed by atoms with van der Waals surface area (Å²) >= 11 is 0.954. The lowest BCUT2D eigenvalue weighted by molar-refractivity contribution is 0.600. The first-order chi connectivity index (χ1) is 8.51. The van der Waals surface area contributed by atoms with E-state index in [9.17, 15) is 8.42 Å². The van der Waals surface area contributed by atoms with Gasteiger partial charge in [-0.3, -0.25) is 10.1 Å². The van der Waals surface area contributed by atoms with Gasteiger partial charge in [0.25, 0.3) is 10.0 Å². The zero-order chi connectivity index (χ0) is 13.2. The predicted molar refractivity (Wildman–Crippen MR) is 65.3 cm³/mol. The zero-order valence-corrected chi connectivity index (χ0v) is 10.8. The molecular weight excluding hydrogens is 278 g/mol. The highest BCUT2D eigenvalue weighted by Gasteiger charge is 2.17. The van der Waals surface area contributed by atoms with E-state index in [-0.39, 0.29) is 16.0 Å². The summed E-state index contributed by atoms with van der Waals surface area (Å²) in [6.07, 6.45) is 2.27. The van der Waals surface area contributed by atoms with Crippen LogP contribution < -0.4 is 16.0 Å². The number of nitrogen functional groups attached to an aromatic ring is 1. The first-order valence-electron chi connectivity index (χ1n) is 4.63. The smallest absolute Gasteiger partial charge is 0.266 e. The molecule has 0 aliphatic carbocycles. The molecule has 18 heavy (non-hydrogen) atoms. The molecule has 0 spiro atoms. The molecule has 9 nitrogen and oxygen atoms in total. The largest absolute Gasteiger partial charge is 0.292 e. The molecule has 96 valence electrons. The number of sulfonamides is 1. The van der Waals surface area contributed by atoms with Crippen molar-refractivity contribution in [2.24, 2.45) is 5.84 Å². The summed E-state index contributed by atoms with van der Waals surface area (Å²) in [6.45, 7) is 1.67. The zero-order valence-electron chi connectivity index (χ0n) is 9.15. The average Bonchev–Trinajstić information content (AvgIpc) is 2.74. The van der Waals surface area contributed by atoms with E-state index in [1.807, 2.05) is 0 Å². The average molecular weight is 287 g/mol. The van der Waals surface area contributed by atoms with E-state index in [0.717, 1.165) is 23.9 Å². The van der Waals surface area contributed by atoms with Crippen molar-refractivity contribution in [1.29, 1.82) is 0 Å². The number of nitrogens with zero attached hydrogens (tertiary/aromatic N) is 4. The minimum atomic E-state index is -3.76. The molecule has 2 aromatic heterocycles. The molecule has 0 atom stereocenters. The molecule has 2 aromatic rings. The maximum Gasteiger partial charge on any atom is 0.266 e. The Morgan fingerprint density at radius 1 is 1.33 bits per heavy atom. The molecule has 0 fully saturated rings. The van der Waals surface area contributed by atoms with Crippen molar-refractivity contribution in [3.63, 3.8) is 0 Å². The number of aryl methyl sites for hydroxylation is 1. The first kappa shape index (κ1) is 12.6. The van der Waals surface area contributed by atoms with E-state index in [2.05, 4.69) is 29.5 Å². The van der Waals surface area contributed by atoms with Gasteiger partial charge in [-0.2, -0.15) is 4.37 Å². The highest BCUT2D eigenvalue weighted by atomic mass is 32.2. The second-order valence-electron chi connectivity index (χ2n) is 3.14. The Morgan fingerprint density at radius 2 is 2.00 bits per heavy atom. The van der Waals surface area contributed by atoms with E-state index >= 15 is 0 Å². The fourth-order valence-corrected chi connectivity index (χ4v) is 2.73. The fraction of sp³-hybridized carbons (Fsp3) is 0.143. The van der Waals surface area contributed by atoms with Gasteiger partial charge in [-0.05, 0) is 6.92 Å². The monoisotopic (exact) mass is 287 g/mol. The summed E-state index contributed by atoms with van der Waals surface area (Å²) in [5, 5.41) is 0.188. The van der Waals surface area contributed by atoms with Crippen LogP contribution in [0.15, 0.2) is 17.3 Å². The molecule has 0 saturated carbocycles. The second-order valence-corrected chi connectivity index (χ2v) is 5.57. The van der Waals surface area contributed by atoms with E-state index in [4.69, 9.17) is 5.84 Å². The van der Waals surface area contributed by atoms with Gasteiger partial charge in [0.15, 0.2) is 0 Å². The maximum atomic E-state index is 11.9. The molecular formula is C7H9N7O2S2. The second kappa shape index (κ2) is 4.80. The van der Waals surface area contributed by atoms with Crippen molar-refractivity contribution in [3.8, 4) is 0 Å². The molecule has 2 rings (SSSR count). The summed E-state index contributed by atoms with van der Waals surface area (Å²) in [5.41, 5.74) is 2.20. The van der Waals surface area contributed by atoms with Crippen molar-refractivity contribution in [2.75, 3.05) is 10.1 Å². The minimum absolute atomic E-state index is 0.0886. The van der Waals surface area contributed by atoms with Gasteiger partial charge in [-0.15, -0.1) is 0 Å². The highest BCUT2D eigenvalue weighted by Crippen LogP contribution is 2.16. The SMILES string of the molecule is Cc1nsc(NS(=O)(=O)c2cnc(NN)nc2)n1. The lowest BCUT2D eigenvalue weighted by atomic mass is 10.7. The molecule has 11 heteroatoms. The lowest BCUT2D eigenvalue weighted by Crippen LogP contribution is -2.15. The van der Waals surface area contributed by atoms with Crippen molar-refractivity contribution in [1.82, 2.24) is 19.3 Å². The van der Waals surface area contributed by atoms with Crippen molar-refractivity contribution in [2.45, 2.75) is 11.8 Å². The van der Waals surface area contributed by atoms with E-state index in [1.54, 1.807) is 6.92 Å². The number of nitrogens with two attached hydrogens (primary N) is 1.